The predicted molar refractivity (Wildman–Crippen MR) is 58.5 cm³/mol. The van der Waals surface area contributed by atoms with Gasteiger partial charge in [-0.1, -0.05) is 0 Å². The standard InChI is InChI=1S/C11H12N2O5/c1-17-9(14)6-13-4-3-7(11(16)18-2)8(5-13)10(12)15/h3-5H,6H2,1-2H3,(H-,12,15)/p+1. The lowest BCUT2D eigenvalue weighted by Gasteiger charge is -2.03. The van der Waals surface area contributed by atoms with E-state index in [0.717, 1.165) is 0 Å². The van der Waals surface area contributed by atoms with Crippen molar-refractivity contribution in [1.29, 1.82) is 0 Å². The highest BCUT2D eigenvalue weighted by Crippen LogP contribution is 2.06. The Labute approximate surface area is 103 Å². The molecule has 7 nitrogen and oxygen atoms in total. The summed E-state index contributed by atoms with van der Waals surface area (Å²) in [6.45, 7) is -0.0851. The van der Waals surface area contributed by atoms with Gasteiger partial charge in [-0.15, -0.1) is 0 Å². The van der Waals surface area contributed by atoms with Crippen molar-refractivity contribution in [2.75, 3.05) is 14.2 Å². The van der Waals surface area contributed by atoms with E-state index in [-0.39, 0.29) is 17.7 Å². The smallest absolute Gasteiger partial charge is 0.372 e. The Balaban J connectivity index is 3.15. The van der Waals surface area contributed by atoms with E-state index >= 15 is 0 Å². The van der Waals surface area contributed by atoms with E-state index in [9.17, 15) is 14.4 Å². The molecule has 1 heterocycles. The molecule has 1 rings (SSSR count). The summed E-state index contributed by atoms with van der Waals surface area (Å²) in [6, 6.07) is 1.36. The number of rotatable bonds is 4. The molecule has 0 fully saturated rings. The lowest BCUT2D eigenvalue weighted by Crippen LogP contribution is -2.39. The zero-order chi connectivity index (χ0) is 13.7. The highest BCUT2D eigenvalue weighted by molar-refractivity contribution is 6.04. The van der Waals surface area contributed by atoms with Gasteiger partial charge in [0.15, 0.2) is 12.4 Å². The molecule has 18 heavy (non-hydrogen) atoms. The van der Waals surface area contributed by atoms with Crippen molar-refractivity contribution in [2.24, 2.45) is 5.73 Å². The van der Waals surface area contributed by atoms with E-state index < -0.39 is 17.8 Å². The number of carbonyl (C=O) groups excluding carboxylic acids is 3. The van der Waals surface area contributed by atoms with Gasteiger partial charge >= 0.3 is 11.9 Å². The number of nitrogens with two attached hydrogens (primary N) is 1. The van der Waals surface area contributed by atoms with Crippen LogP contribution in [0.2, 0.25) is 0 Å². The summed E-state index contributed by atoms with van der Waals surface area (Å²) >= 11 is 0. The van der Waals surface area contributed by atoms with Crippen molar-refractivity contribution in [2.45, 2.75) is 6.54 Å². The molecule has 0 radical (unpaired) electrons. The number of primary amides is 1. The van der Waals surface area contributed by atoms with Gasteiger partial charge in [-0.2, -0.15) is 4.57 Å². The van der Waals surface area contributed by atoms with Crippen LogP contribution in [0, 0.1) is 0 Å². The molecule has 0 aromatic carbocycles. The minimum Gasteiger partial charge on any atom is -0.465 e. The molecule has 0 aliphatic rings. The molecule has 0 spiro atoms. The molecular formula is C11H13N2O5+. The third kappa shape index (κ3) is 3.03. The number of hydrogen-bond acceptors (Lipinski definition) is 5. The SMILES string of the molecule is COC(=O)C[n+]1ccc(C(=O)OC)c(C(N)=O)c1. The van der Waals surface area contributed by atoms with Crippen molar-refractivity contribution >= 4 is 17.8 Å². The zero-order valence-corrected chi connectivity index (χ0v) is 10.0. The summed E-state index contributed by atoms with van der Waals surface area (Å²) in [5, 5.41) is 0. The molecule has 0 aliphatic heterocycles. The summed E-state index contributed by atoms with van der Waals surface area (Å²) in [5.41, 5.74) is 5.19. The Morgan fingerprint density at radius 3 is 2.39 bits per heavy atom. The Kier molecular flexibility index (Phi) is 4.36. The topological polar surface area (TPSA) is 99.6 Å². The van der Waals surface area contributed by atoms with Gasteiger partial charge in [-0.25, -0.2) is 9.59 Å². The van der Waals surface area contributed by atoms with Crippen LogP contribution in [0.1, 0.15) is 20.7 Å². The van der Waals surface area contributed by atoms with Crippen molar-refractivity contribution in [3.63, 3.8) is 0 Å². The van der Waals surface area contributed by atoms with Gasteiger partial charge in [0.05, 0.1) is 19.8 Å². The number of carbonyl (C=O) groups is 3. The molecule has 0 bridgehead atoms. The Morgan fingerprint density at radius 1 is 1.22 bits per heavy atom. The number of esters is 2. The van der Waals surface area contributed by atoms with Crippen molar-refractivity contribution in [3.8, 4) is 0 Å². The molecule has 7 heteroatoms. The maximum atomic E-state index is 11.4. The highest BCUT2D eigenvalue weighted by atomic mass is 16.5. The minimum atomic E-state index is -0.783. The van der Waals surface area contributed by atoms with E-state index in [0.29, 0.717) is 0 Å². The van der Waals surface area contributed by atoms with Crippen molar-refractivity contribution < 1.29 is 28.4 Å². The summed E-state index contributed by atoms with van der Waals surface area (Å²) in [5.74, 6) is -1.94. The van der Waals surface area contributed by atoms with Gasteiger partial charge in [0.1, 0.15) is 5.56 Å². The lowest BCUT2D eigenvalue weighted by atomic mass is 10.1. The Bertz CT molecular complexity index is 498. The average molecular weight is 253 g/mol. The maximum Gasteiger partial charge on any atom is 0.372 e. The van der Waals surface area contributed by atoms with Gasteiger partial charge in [0.2, 0.25) is 6.54 Å². The molecule has 2 N–H and O–H groups in total. The van der Waals surface area contributed by atoms with Crippen LogP contribution in [-0.2, 0) is 20.8 Å². The molecule has 96 valence electrons. The summed E-state index contributed by atoms with van der Waals surface area (Å²) in [7, 11) is 2.45. The molecule has 1 amide bonds. The van der Waals surface area contributed by atoms with Crippen LogP contribution in [0.25, 0.3) is 0 Å². The van der Waals surface area contributed by atoms with Crippen molar-refractivity contribution in [3.05, 3.63) is 29.6 Å². The second-order valence-corrected chi connectivity index (χ2v) is 3.38. The number of pyridine rings is 1. The largest absolute Gasteiger partial charge is 0.465 e. The predicted octanol–water partition coefficient (Wildman–Crippen LogP) is -0.967. The van der Waals surface area contributed by atoms with E-state index in [2.05, 4.69) is 9.47 Å². The fourth-order valence-corrected chi connectivity index (χ4v) is 1.33. The van der Waals surface area contributed by atoms with E-state index in [1.807, 2.05) is 0 Å². The van der Waals surface area contributed by atoms with Crippen LogP contribution >= 0.6 is 0 Å². The van der Waals surface area contributed by atoms with Gasteiger partial charge < -0.3 is 15.2 Å². The first-order chi connectivity index (χ1) is 8.49. The van der Waals surface area contributed by atoms with Gasteiger partial charge in [0, 0.05) is 6.07 Å². The number of amides is 1. The van der Waals surface area contributed by atoms with Crippen LogP contribution in [0.5, 0.6) is 0 Å². The third-order valence-electron chi connectivity index (χ3n) is 2.23. The number of nitrogens with zero attached hydrogens (tertiary/aromatic N) is 1. The highest BCUT2D eigenvalue weighted by Gasteiger charge is 2.21. The first-order valence-corrected chi connectivity index (χ1v) is 4.97. The summed E-state index contributed by atoms with van der Waals surface area (Å²) < 4.78 is 10.4. The molecule has 0 saturated carbocycles. The fourth-order valence-electron chi connectivity index (χ4n) is 1.33. The van der Waals surface area contributed by atoms with E-state index in [4.69, 9.17) is 5.73 Å². The van der Waals surface area contributed by atoms with Crippen LogP contribution < -0.4 is 10.3 Å². The number of ether oxygens (including phenoxy) is 2. The summed E-state index contributed by atoms with van der Waals surface area (Å²) in [4.78, 5) is 33.7. The first kappa shape index (κ1) is 13.6. The van der Waals surface area contributed by atoms with Crippen LogP contribution in [-0.4, -0.2) is 32.1 Å². The van der Waals surface area contributed by atoms with Crippen molar-refractivity contribution in [1.82, 2.24) is 0 Å². The second kappa shape index (κ2) is 5.76. The minimum absolute atomic E-state index is 0.0201. The average Bonchev–Trinajstić information content (AvgIpc) is 2.37. The third-order valence-corrected chi connectivity index (χ3v) is 2.23. The quantitative estimate of drug-likeness (QED) is 0.550. The maximum absolute atomic E-state index is 11.4. The monoisotopic (exact) mass is 253 g/mol. The Morgan fingerprint density at radius 2 is 1.89 bits per heavy atom. The normalized spacial score (nSPS) is 9.67. The molecule has 1 aromatic rings. The fraction of sp³-hybridized carbons (Fsp3) is 0.273. The molecule has 1 aromatic heterocycles. The van der Waals surface area contributed by atoms with Crippen LogP contribution in [0.4, 0.5) is 0 Å². The summed E-state index contributed by atoms with van der Waals surface area (Å²) in [6.07, 6.45) is 2.75. The number of hydrogen-bond donors (Lipinski definition) is 1. The van der Waals surface area contributed by atoms with Crippen LogP contribution in [0.15, 0.2) is 18.5 Å². The number of methoxy groups -OCH3 is 2. The lowest BCUT2D eigenvalue weighted by molar-refractivity contribution is -0.686. The Hall–Kier alpha value is -2.44. The second-order valence-electron chi connectivity index (χ2n) is 3.38. The first-order valence-electron chi connectivity index (χ1n) is 4.97. The van der Waals surface area contributed by atoms with E-state index in [1.54, 1.807) is 0 Å². The van der Waals surface area contributed by atoms with Crippen LogP contribution in [0.3, 0.4) is 0 Å². The molecule has 0 saturated heterocycles. The van der Waals surface area contributed by atoms with E-state index in [1.165, 1.54) is 37.2 Å². The van der Waals surface area contributed by atoms with Gasteiger partial charge in [0.25, 0.3) is 5.91 Å². The number of aromatic nitrogens is 1. The molecule has 0 atom stereocenters. The van der Waals surface area contributed by atoms with Gasteiger partial charge in [-0.3, -0.25) is 4.79 Å². The van der Waals surface area contributed by atoms with Gasteiger partial charge in [-0.05, 0) is 0 Å². The molecule has 0 unspecified atom stereocenters. The molecular weight excluding hydrogens is 240 g/mol. The zero-order valence-electron chi connectivity index (χ0n) is 10.0. The molecule has 0 aliphatic carbocycles.